The Balaban J connectivity index is 1.43. The van der Waals surface area contributed by atoms with E-state index in [0.717, 1.165) is 10.6 Å². The molecule has 12 nitrogen and oxygen atoms in total. The van der Waals surface area contributed by atoms with Gasteiger partial charge < -0.3 is 20.6 Å². The van der Waals surface area contributed by atoms with Crippen LogP contribution in [-0.4, -0.2) is 82.2 Å². The second-order valence-corrected chi connectivity index (χ2v) is 9.82. The molecular formula is C29H33N5O7. The molecule has 41 heavy (non-hydrogen) atoms. The predicted octanol–water partition coefficient (Wildman–Crippen LogP) is 1.52. The maximum atomic E-state index is 13.6. The van der Waals surface area contributed by atoms with E-state index in [2.05, 4.69) is 15.8 Å². The number of fused-ring (bicyclic) bond motifs is 1. The highest BCUT2D eigenvalue weighted by atomic mass is 16.6. The molecule has 0 spiro atoms. The van der Waals surface area contributed by atoms with Gasteiger partial charge >= 0.3 is 5.97 Å². The Morgan fingerprint density at radius 1 is 1.05 bits per heavy atom. The van der Waals surface area contributed by atoms with E-state index in [1.54, 1.807) is 30.3 Å². The number of oxime groups is 1. The number of carbonyl (C=O) groups is 5. The minimum Gasteiger partial charge on any atom is -0.481 e. The zero-order valence-corrected chi connectivity index (χ0v) is 22.5. The van der Waals surface area contributed by atoms with Crippen LogP contribution in [0, 0.1) is 0 Å². The van der Waals surface area contributed by atoms with Crippen LogP contribution in [0.5, 0.6) is 0 Å². The first-order valence-electron chi connectivity index (χ1n) is 13.5. The molecule has 0 saturated carbocycles. The number of aliphatic carboxylic acids is 1. The number of nitrogens with one attached hydrogen (secondary N) is 2. The molecule has 3 atom stereocenters. The van der Waals surface area contributed by atoms with Crippen molar-refractivity contribution in [3.63, 3.8) is 0 Å². The van der Waals surface area contributed by atoms with Crippen molar-refractivity contribution in [1.82, 2.24) is 20.7 Å². The molecule has 3 unspecified atom stereocenters. The molecule has 2 aromatic carbocycles. The number of hydrogen-bond donors (Lipinski definition) is 3. The summed E-state index contributed by atoms with van der Waals surface area (Å²) in [5, 5.41) is 20.9. The molecule has 2 fully saturated rings. The third-order valence-electron chi connectivity index (χ3n) is 6.87. The van der Waals surface area contributed by atoms with Gasteiger partial charge in [-0.15, -0.1) is 0 Å². The van der Waals surface area contributed by atoms with Crippen LogP contribution in [0.3, 0.4) is 0 Å². The summed E-state index contributed by atoms with van der Waals surface area (Å²) >= 11 is 0. The van der Waals surface area contributed by atoms with Gasteiger partial charge in [-0.3, -0.25) is 29.0 Å². The van der Waals surface area contributed by atoms with Crippen molar-refractivity contribution in [2.24, 2.45) is 5.16 Å². The number of hydrazine groups is 1. The van der Waals surface area contributed by atoms with Crippen LogP contribution in [0.2, 0.25) is 0 Å². The minimum absolute atomic E-state index is 0.0188. The van der Waals surface area contributed by atoms with E-state index < -0.39 is 48.2 Å². The number of carboxylic acid groups (broad SMARTS) is 1. The van der Waals surface area contributed by atoms with E-state index in [1.165, 1.54) is 11.2 Å². The van der Waals surface area contributed by atoms with Gasteiger partial charge in [0.25, 0.3) is 11.8 Å². The lowest BCUT2D eigenvalue weighted by Crippen LogP contribution is -2.64. The summed E-state index contributed by atoms with van der Waals surface area (Å²) in [5.74, 6) is -3.17. The highest BCUT2D eigenvalue weighted by Gasteiger charge is 2.44. The van der Waals surface area contributed by atoms with Crippen molar-refractivity contribution in [3.8, 4) is 0 Å². The van der Waals surface area contributed by atoms with E-state index >= 15 is 0 Å². The van der Waals surface area contributed by atoms with E-state index in [0.29, 0.717) is 18.4 Å². The Hall–Kier alpha value is -4.74. The fourth-order valence-electron chi connectivity index (χ4n) is 4.82. The normalized spacial score (nSPS) is 19.7. The van der Waals surface area contributed by atoms with Crippen LogP contribution in [0.15, 0.2) is 65.8 Å². The van der Waals surface area contributed by atoms with Crippen LogP contribution in [-0.2, 0) is 30.4 Å². The molecule has 216 valence electrons. The van der Waals surface area contributed by atoms with E-state index in [-0.39, 0.29) is 38.3 Å². The summed E-state index contributed by atoms with van der Waals surface area (Å²) in [6, 6.07) is 14.9. The fraction of sp³-hybridized carbons (Fsp3) is 0.379. The first kappa shape index (κ1) is 29.2. The van der Waals surface area contributed by atoms with Gasteiger partial charge in [-0.1, -0.05) is 53.7 Å². The molecule has 2 aliphatic heterocycles. The molecule has 2 aliphatic rings. The average molecular weight is 564 g/mol. The first-order chi connectivity index (χ1) is 19.8. The number of amides is 4. The highest BCUT2D eigenvalue weighted by Crippen LogP contribution is 2.25. The molecule has 12 heteroatoms. The second kappa shape index (κ2) is 14.1. The van der Waals surface area contributed by atoms with Crippen molar-refractivity contribution in [3.05, 3.63) is 71.8 Å². The van der Waals surface area contributed by atoms with Gasteiger partial charge in [-0.2, -0.15) is 0 Å². The lowest BCUT2D eigenvalue weighted by Gasteiger charge is -2.43. The maximum absolute atomic E-state index is 13.6. The third kappa shape index (κ3) is 7.90. The Kier molecular flexibility index (Phi) is 10.0. The minimum atomic E-state index is -1.17. The zero-order chi connectivity index (χ0) is 29.2. The van der Waals surface area contributed by atoms with Crippen LogP contribution in [0.1, 0.15) is 48.0 Å². The molecule has 0 radical (unpaired) electrons. The summed E-state index contributed by atoms with van der Waals surface area (Å²) in [7, 11) is 0. The molecule has 2 heterocycles. The molecular weight excluding hydrogens is 530 g/mol. The number of carbonyl (C=O) groups excluding carboxylic acids is 4. The number of hydrogen-bond acceptors (Lipinski definition) is 7. The third-order valence-corrected chi connectivity index (χ3v) is 6.87. The summed E-state index contributed by atoms with van der Waals surface area (Å²) in [5.41, 5.74) is 1.41. The molecule has 0 bridgehead atoms. The molecule has 4 amide bonds. The summed E-state index contributed by atoms with van der Waals surface area (Å²) in [6.45, 7) is 0.509. The molecule has 0 aromatic heterocycles. The molecule has 2 saturated heterocycles. The Morgan fingerprint density at radius 3 is 2.46 bits per heavy atom. The summed E-state index contributed by atoms with van der Waals surface area (Å²) < 4.78 is 0. The van der Waals surface area contributed by atoms with Gasteiger partial charge in [0.2, 0.25) is 11.8 Å². The Morgan fingerprint density at radius 2 is 1.76 bits per heavy atom. The first-order valence-corrected chi connectivity index (χ1v) is 13.5. The maximum Gasteiger partial charge on any atom is 0.305 e. The molecule has 3 N–H and O–H groups in total. The Labute approximate surface area is 237 Å². The number of carboxylic acids is 1. The lowest BCUT2D eigenvalue weighted by molar-refractivity contribution is -0.176. The SMILES string of the molecule is O=C(O)CC(/C=N/OCCc1ccccc1)NC(=O)C1CCCN2C(=O)CCC(NC(=O)c3ccccc3)C(=O)N12. The number of benzene rings is 2. The molecule has 4 rings (SSSR count). The topological polar surface area (TPSA) is 158 Å². The van der Waals surface area contributed by atoms with Gasteiger partial charge in [0.05, 0.1) is 18.7 Å². The van der Waals surface area contributed by atoms with Gasteiger partial charge in [0.15, 0.2) is 0 Å². The van der Waals surface area contributed by atoms with Crippen molar-refractivity contribution in [2.45, 2.75) is 56.7 Å². The van der Waals surface area contributed by atoms with Gasteiger partial charge in [0, 0.05) is 24.9 Å². The predicted molar refractivity (Wildman–Crippen MR) is 147 cm³/mol. The molecule has 0 aliphatic carbocycles. The summed E-state index contributed by atoms with van der Waals surface area (Å²) in [4.78, 5) is 69.4. The van der Waals surface area contributed by atoms with Gasteiger partial charge in [-0.05, 0) is 37.0 Å². The highest BCUT2D eigenvalue weighted by molar-refractivity contribution is 6.00. The largest absolute Gasteiger partial charge is 0.481 e. The smallest absolute Gasteiger partial charge is 0.305 e. The number of nitrogens with zero attached hydrogens (tertiary/aromatic N) is 3. The van der Waals surface area contributed by atoms with E-state index in [4.69, 9.17) is 4.84 Å². The van der Waals surface area contributed by atoms with Gasteiger partial charge in [-0.25, -0.2) is 5.01 Å². The van der Waals surface area contributed by atoms with Crippen LogP contribution in [0.25, 0.3) is 0 Å². The van der Waals surface area contributed by atoms with Crippen LogP contribution < -0.4 is 10.6 Å². The lowest BCUT2D eigenvalue weighted by atomic mass is 10.0. The van der Waals surface area contributed by atoms with Crippen molar-refractivity contribution in [1.29, 1.82) is 0 Å². The van der Waals surface area contributed by atoms with Crippen molar-refractivity contribution in [2.75, 3.05) is 13.2 Å². The van der Waals surface area contributed by atoms with Crippen molar-refractivity contribution < 1.29 is 33.9 Å². The Bertz CT molecular complexity index is 1270. The van der Waals surface area contributed by atoms with E-state index in [1.807, 2.05) is 30.3 Å². The average Bonchev–Trinajstić information content (AvgIpc) is 3.09. The number of rotatable bonds is 11. The second-order valence-electron chi connectivity index (χ2n) is 9.82. The monoisotopic (exact) mass is 563 g/mol. The van der Waals surface area contributed by atoms with E-state index in [9.17, 15) is 29.1 Å². The van der Waals surface area contributed by atoms with Gasteiger partial charge in [0.1, 0.15) is 18.7 Å². The van der Waals surface area contributed by atoms with Crippen LogP contribution >= 0.6 is 0 Å². The van der Waals surface area contributed by atoms with Crippen LogP contribution in [0.4, 0.5) is 0 Å². The van der Waals surface area contributed by atoms with Crippen molar-refractivity contribution >= 4 is 35.8 Å². The fourth-order valence-corrected chi connectivity index (χ4v) is 4.82. The molecule has 2 aromatic rings. The summed E-state index contributed by atoms with van der Waals surface area (Å²) in [6.07, 6.45) is 2.17. The quantitative estimate of drug-likeness (QED) is 0.212. The standard InChI is InChI=1S/C29H33N5O7/c35-25-14-13-23(32-27(38)21-10-5-2-6-11-21)29(40)34-24(12-7-16-33(25)34)28(39)31-22(18-26(36)37)19-30-41-17-15-20-8-3-1-4-9-20/h1-6,8-11,19,22-24H,7,12-18H2,(H,31,39)(H,32,38)(H,36,37)/b30-19+. The zero-order valence-electron chi connectivity index (χ0n) is 22.5.